The summed E-state index contributed by atoms with van der Waals surface area (Å²) < 4.78 is 0. The molecule has 0 saturated heterocycles. The van der Waals surface area contributed by atoms with Gasteiger partial charge in [-0.05, 0) is 84.5 Å². The fourth-order valence-corrected chi connectivity index (χ4v) is 9.50. The highest BCUT2D eigenvalue weighted by molar-refractivity contribution is 7.70. The van der Waals surface area contributed by atoms with Crippen LogP contribution in [0.3, 0.4) is 0 Å². The third kappa shape index (κ3) is 5.03. The normalized spacial score (nSPS) is 19.6. The van der Waals surface area contributed by atoms with Gasteiger partial charge in [-0.3, -0.25) is 0 Å². The van der Waals surface area contributed by atoms with Gasteiger partial charge in [0.25, 0.3) is 0 Å². The molecule has 0 radical (unpaired) electrons. The Hall–Kier alpha value is -1.39. The molecule has 154 valence electrons. The highest BCUT2D eigenvalue weighted by Crippen LogP contribution is 2.64. The maximum atomic E-state index is 2.60. The minimum atomic E-state index is -0.128. The van der Waals surface area contributed by atoms with Crippen LogP contribution in [-0.4, -0.2) is 11.3 Å². The van der Waals surface area contributed by atoms with Crippen LogP contribution in [0.2, 0.25) is 0 Å². The van der Waals surface area contributed by atoms with E-state index in [1.807, 2.05) is 0 Å². The molecule has 0 spiro atoms. The molecule has 0 bridgehead atoms. The van der Waals surface area contributed by atoms with E-state index in [1.165, 1.54) is 86.5 Å². The van der Waals surface area contributed by atoms with Gasteiger partial charge in [0.2, 0.25) is 0 Å². The first-order chi connectivity index (χ1) is 14.2. The van der Waals surface area contributed by atoms with Crippen molar-refractivity contribution in [3.05, 3.63) is 70.8 Å². The second kappa shape index (κ2) is 10.1. The van der Waals surface area contributed by atoms with Crippen LogP contribution in [0.4, 0.5) is 0 Å². The SMILES string of the molecule is Cc1ccccc1/C=C(\c1ccccc1C)P(C1CCCCC1)C1CCCCC1. The van der Waals surface area contributed by atoms with Gasteiger partial charge in [-0.15, -0.1) is 0 Å². The van der Waals surface area contributed by atoms with Crippen LogP contribution in [0.1, 0.15) is 86.5 Å². The number of rotatable bonds is 5. The van der Waals surface area contributed by atoms with Crippen molar-refractivity contribution < 1.29 is 0 Å². The minimum Gasteiger partial charge on any atom is -0.0683 e. The van der Waals surface area contributed by atoms with Gasteiger partial charge < -0.3 is 0 Å². The first-order valence-electron chi connectivity index (χ1n) is 11.9. The predicted octanol–water partition coefficient (Wildman–Crippen LogP) is 8.95. The average Bonchev–Trinajstić information content (AvgIpc) is 2.77. The van der Waals surface area contributed by atoms with Crippen molar-refractivity contribution in [2.45, 2.75) is 89.4 Å². The summed E-state index contributed by atoms with van der Waals surface area (Å²) in [5, 5.41) is 1.70. The molecule has 0 aromatic heterocycles. The maximum Gasteiger partial charge on any atom is -0.0150 e. The number of hydrogen-bond donors (Lipinski definition) is 0. The van der Waals surface area contributed by atoms with E-state index in [2.05, 4.69) is 68.5 Å². The average molecular weight is 405 g/mol. The fourth-order valence-electron chi connectivity index (χ4n) is 5.46. The second-order valence-corrected chi connectivity index (χ2v) is 11.9. The van der Waals surface area contributed by atoms with E-state index in [-0.39, 0.29) is 7.92 Å². The Morgan fingerprint density at radius 3 is 1.76 bits per heavy atom. The molecule has 0 atom stereocenters. The first kappa shape index (κ1) is 20.9. The molecule has 2 aromatic rings. The third-order valence-electron chi connectivity index (χ3n) is 7.12. The van der Waals surface area contributed by atoms with E-state index in [1.54, 1.807) is 5.31 Å². The molecule has 0 heterocycles. The molecule has 0 aliphatic heterocycles. The van der Waals surface area contributed by atoms with Gasteiger partial charge in [0, 0.05) is 0 Å². The molecule has 1 heteroatoms. The van der Waals surface area contributed by atoms with Crippen molar-refractivity contribution in [3.63, 3.8) is 0 Å². The largest absolute Gasteiger partial charge is 0.0683 e. The van der Waals surface area contributed by atoms with E-state index in [0.717, 1.165) is 11.3 Å². The lowest BCUT2D eigenvalue weighted by Gasteiger charge is -2.40. The Labute approximate surface area is 179 Å². The second-order valence-electron chi connectivity index (χ2n) is 9.19. The lowest BCUT2D eigenvalue weighted by atomic mass is 9.99. The number of hydrogen-bond acceptors (Lipinski definition) is 0. The van der Waals surface area contributed by atoms with Crippen LogP contribution < -0.4 is 0 Å². The van der Waals surface area contributed by atoms with E-state index < -0.39 is 0 Å². The van der Waals surface area contributed by atoms with Crippen LogP contribution in [-0.2, 0) is 0 Å². The maximum absolute atomic E-state index is 2.60. The lowest BCUT2D eigenvalue weighted by molar-refractivity contribution is 0.487. The Balaban J connectivity index is 1.83. The van der Waals surface area contributed by atoms with Crippen LogP contribution in [0.5, 0.6) is 0 Å². The van der Waals surface area contributed by atoms with E-state index in [9.17, 15) is 0 Å². The van der Waals surface area contributed by atoms with E-state index in [0.29, 0.717) is 0 Å². The van der Waals surface area contributed by atoms with Crippen molar-refractivity contribution in [1.82, 2.24) is 0 Å². The molecule has 2 fully saturated rings. The highest BCUT2D eigenvalue weighted by Gasteiger charge is 2.34. The van der Waals surface area contributed by atoms with E-state index in [4.69, 9.17) is 0 Å². The minimum absolute atomic E-state index is 0.128. The Bertz CT molecular complexity index is 804. The van der Waals surface area contributed by atoms with E-state index >= 15 is 0 Å². The summed E-state index contributed by atoms with van der Waals surface area (Å²) in [5.74, 6) is 0. The van der Waals surface area contributed by atoms with Crippen molar-refractivity contribution in [3.8, 4) is 0 Å². The van der Waals surface area contributed by atoms with Gasteiger partial charge in [-0.1, -0.05) is 95.0 Å². The van der Waals surface area contributed by atoms with Crippen molar-refractivity contribution >= 4 is 19.3 Å². The van der Waals surface area contributed by atoms with Crippen molar-refractivity contribution in [2.24, 2.45) is 0 Å². The molecule has 2 aliphatic carbocycles. The summed E-state index contributed by atoms with van der Waals surface area (Å²) in [6.45, 7) is 4.58. The number of benzene rings is 2. The zero-order valence-corrected chi connectivity index (χ0v) is 19.3. The quantitative estimate of drug-likeness (QED) is 0.344. The molecular weight excluding hydrogens is 367 g/mol. The molecule has 2 saturated carbocycles. The molecule has 0 N–H and O–H groups in total. The summed E-state index contributed by atoms with van der Waals surface area (Å²) in [6.07, 6.45) is 17.1. The zero-order valence-electron chi connectivity index (χ0n) is 18.4. The van der Waals surface area contributed by atoms with Gasteiger partial charge in [0.1, 0.15) is 0 Å². The van der Waals surface area contributed by atoms with Gasteiger partial charge in [-0.25, -0.2) is 0 Å². The summed E-state index contributed by atoms with van der Waals surface area (Å²) >= 11 is 0. The van der Waals surface area contributed by atoms with Gasteiger partial charge in [0.15, 0.2) is 0 Å². The van der Waals surface area contributed by atoms with Gasteiger partial charge in [-0.2, -0.15) is 0 Å². The summed E-state index contributed by atoms with van der Waals surface area (Å²) in [5.41, 5.74) is 7.66. The Morgan fingerprint density at radius 1 is 0.690 bits per heavy atom. The summed E-state index contributed by atoms with van der Waals surface area (Å²) in [6, 6.07) is 18.1. The smallest absolute Gasteiger partial charge is 0.0150 e. The molecule has 29 heavy (non-hydrogen) atoms. The van der Waals surface area contributed by atoms with Crippen molar-refractivity contribution in [1.29, 1.82) is 0 Å². The zero-order chi connectivity index (χ0) is 20.1. The Kier molecular flexibility index (Phi) is 7.25. The monoisotopic (exact) mass is 404 g/mol. The third-order valence-corrected chi connectivity index (χ3v) is 10.6. The molecule has 4 rings (SSSR count). The van der Waals surface area contributed by atoms with Crippen LogP contribution >= 0.6 is 7.92 Å². The lowest BCUT2D eigenvalue weighted by Crippen LogP contribution is -2.21. The predicted molar refractivity (Wildman–Crippen MR) is 131 cm³/mol. The number of aryl methyl sites for hydroxylation is 2. The molecule has 2 aromatic carbocycles. The van der Waals surface area contributed by atoms with Crippen LogP contribution in [0.15, 0.2) is 48.5 Å². The first-order valence-corrected chi connectivity index (χ1v) is 13.3. The van der Waals surface area contributed by atoms with Gasteiger partial charge in [0.05, 0.1) is 0 Å². The molecule has 0 nitrogen and oxygen atoms in total. The fraction of sp³-hybridized carbons (Fsp3) is 0.500. The summed E-state index contributed by atoms with van der Waals surface area (Å²) in [7, 11) is -0.128. The van der Waals surface area contributed by atoms with Crippen LogP contribution in [0.25, 0.3) is 11.4 Å². The van der Waals surface area contributed by atoms with Crippen LogP contribution in [0, 0.1) is 13.8 Å². The molecule has 2 aliphatic rings. The highest BCUT2D eigenvalue weighted by atomic mass is 31.1. The standard InChI is InChI=1S/C28H37P/c1-22-13-9-11-15-24(22)21-28(27-20-12-10-14-23(27)2)29(25-16-5-3-6-17-25)26-18-7-4-8-19-26/h9-15,20-21,25-26H,3-8,16-19H2,1-2H3/b28-21+. The van der Waals surface area contributed by atoms with Crippen molar-refractivity contribution in [2.75, 3.05) is 0 Å². The molecule has 0 unspecified atom stereocenters. The van der Waals surface area contributed by atoms with Gasteiger partial charge >= 0.3 is 0 Å². The topological polar surface area (TPSA) is 0 Å². The summed E-state index contributed by atoms with van der Waals surface area (Å²) in [4.78, 5) is 0. The molecule has 0 amide bonds. The molecular formula is C28H37P. The Morgan fingerprint density at radius 2 is 1.21 bits per heavy atom.